The van der Waals surface area contributed by atoms with E-state index in [2.05, 4.69) is 15.6 Å². The maximum atomic E-state index is 14.2. The lowest BCUT2D eigenvalue weighted by atomic mass is 9.98. The van der Waals surface area contributed by atoms with Crippen molar-refractivity contribution >= 4 is 34.6 Å². The summed E-state index contributed by atoms with van der Waals surface area (Å²) in [5.74, 6) is -1.02. The van der Waals surface area contributed by atoms with Gasteiger partial charge in [-0.1, -0.05) is 19.1 Å². The van der Waals surface area contributed by atoms with E-state index < -0.39 is 5.91 Å². The first-order valence-electron chi connectivity index (χ1n) is 12.5. The van der Waals surface area contributed by atoms with Crippen LogP contribution in [-0.2, 0) is 22.4 Å². The Balaban J connectivity index is 1.60. The van der Waals surface area contributed by atoms with Crippen LogP contribution in [0.4, 0.5) is 4.39 Å². The van der Waals surface area contributed by atoms with Gasteiger partial charge in [0.15, 0.2) is 5.78 Å². The minimum absolute atomic E-state index is 0.0202. The van der Waals surface area contributed by atoms with Gasteiger partial charge >= 0.3 is 0 Å². The van der Waals surface area contributed by atoms with Crippen LogP contribution in [0.5, 0.6) is 0 Å². The van der Waals surface area contributed by atoms with Crippen LogP contribution in [0.25, 0.3) is 17.0 Å². The molecule has 0 aliphatic rings. The van der Waals surface area contributed by atoms with Gasteiger partial charge in [0.05, 0.1) is 12.1 Å². The van der Waals surface area contributed by atoms with Crippen molar-refractivity contribution in [2.24, 2.45) is 5.73 Å². The van der Waals surface area contributed by atoms with Crippen LogP contribution in [0.15, 0.2) is 35.9 Å². The molecule has 0 spiro atoms. The normalized spacial score (nSPS) is 11.6. The van der Waals surface area contributed by atoms with Gasteiger partial charge in [-0.3, -0.25) is 14.4 Å². The molecule has 2 amide bonds. The van der Waals surface area contributed by atoms with Gasteiger partial charge in [-0.15, -0.1) is 0 Å². The maximum Gasteiger partial charge on any atom is 0.251 e. The Morgan fingerprint density at radius 1 is 1.11 bits per heavy atom. The molecule has 37 heavy (non-hydrogen) atoms. The number of aromatic nitrogens is 1. The van der Waals surface area contributed by atoms with Gasteiger partial charge in [0.2, 0.25) is 5.91 Å². The van der Waals surface area contributed by atoms with Gasteiger partial charge in [-0.05, 0) is 92.3 Å². The fourth-order valence-corrected chi connectivity index (χ4v) is 4.42. The zero-order valence-corrected chi connectivity index (χ0v) is 21.9. The summed E-state index contributed by atoms with van der Waals surface area (Å²) in [6, 6.07) is 8.59. The van der Waals surface area contributed by atoms with E-state index >= 15 is 0 Å². The second kappa shape index (κ2) is 12.5. The van der Waals surface area contributed by atoms with E-state index in [1.165, 1.54) is 6.07 Å². The summed E-state index contributed by atoms with van der Waals surface area (Å²) in [4.78, 5) is 39.1. The van der Waals surface area contributed by atoms with Crippen LogP contribution < -0.4 is 16.4 Å². The van der Waals surface area contributed by atoms with E-state index in [0.29, 0.717) is 36.0 Å². The molecule has 0 bridgehead atoms. The van der Waals surface area contributed by atoms with Gasteiger partial charge < -0.3 is 21.4 Å². The van der Waals surface area contributed by atoms with Gasteiger partial charge in [-0.25, -0.2) is 4.39 Å². The number of aromatic amines is 1. The van der Waals surface area contributed by atoms with Crippen molar-refractivity contribution < 1.29 is 18.8 Å². The van der Waals surface area contributed by atoms with Gasteiger partial charge in [0.1, 0.15) is 5.82 Å². The molecular weight excluding hydrogens is 471 g/mol. The van der Waals surface area contributed by atoms with E-state index in [1.54, 1.807) is 25.1 Å². The fourth-order valence-electron chi connectivity index (χ4n) is 4.42. The molecular formula is C29H35FN4O3. The Hall–Kier alpha value is -3.78. The van der Waals surface area contributed by atoms with Crippen molar-refractivity contribution in [3.05, 3.63) is 75.2 Å². The first-order valence-corrected chi connectivity index (χ1v) is 12.5. The molecule has 196 valence electrons. The highest BCUT2D eigenvalue weighted by Crippen LogP contribution is 2.27. The first kappa shape index (κ1) is 27.8. The van der Waals surface area contributed by atoms with E-state index in [-0.39, 0.29) is 37.0 Å². The third-order valence-electron chi connectivity index (χ3n) is 6.52. The van der Waals surface area contributed by atoms with E-state index in [9.17, 15) is 18.8 Å². The smallest absolute Gasteiger partial charge is 0.251 e. The fraction of sp³-hybridized carbons (Fsp3) is 0.345. The molecule has 0 atom stereocenters. The van der Waals surface area contributed by atoms with Crippen molar-refractivity contribution in [3.63, 3.8) is 0 Å². The minimum Gasteiger partial charge on any atom is -0.370 e. The molecule has 5 N–H and O–H groups in total. The molecule has 0 fully saturated rings. The number of benzene rings is 2. The predicted octanol–water partition coefficient (Wildman–Crippen LogP) is 3.90. The minimum atomic E-state index is -0.469. The van der Waals surface area contributed by atoms with Gasteiger partial charge in [0, 0.05) is 29.6 Å². The summed E-state index contributed by atoms with van der Waals surface area (Å²) in [6.45, 7) is 8.64. The third kappa shape index (κ3) is 6.92. The number of carbonyl (C=O) groups is 3. The van der Waals surface area contributed by atoms with Crippen LogP contribution in [0, 0.1) is 19.7 Å². The zero-order valence-electron chi connectivity index (χ0n) is 21.9. The number of fused-ring (bicyclic) bond motifs is 1. The molecule has 8 heteroatoms. The van der Waals surface area contributed by atoms with Crippen molar-refractivity contribution in [1.82, 2.24) is 15.6 Å². The lowest BCUT2D eigenvalue weighted by Gasteiger charge is -2.10. The van der Waals surface area contributed by atoms with Crippen molar-refractivity contribution in [1.29, 1.82) is 0 Å². The van der Waals surface area contributed by atoms with Crippen LogP contribution in [0.1, 0.15) is 58.6 Å². The Kier molecular flexibility index (Phi) is 9.36. The Labute approximate surface area is 216 Å². The monoisotopic (exact) mass is 506 g/mol. The molecule has 1 heterocycles. The van der Waals surface area contributed by atoms with E-state index in [0.717, 1.165) is 33.3 Å². The van der Waals surface area contributed by atoms with Crippen molar-refractivity contribution in [2.45, 2.75) is 47.0 Å². The van der Waals surface area contributed by atoms with Crippen LogP contribution in [0.3, 0.4) is 0 Å². The number of halogens is 1. The highest BCUT2D eigenvalue weighted by molar-refractivity contribution is 6.01. The van der Waals surface area contributed by atoms with Crippen LogP contribution in [-0.4, -0.2) is 42.2 Å². The first-order chi connectivity index (χ1) is 17.6. The SMILES string of the molecule is CCc1cc(C(=O)NCCC(N)=O)ccc1C=C(C)C(=O)CNCCc1c(C)[nH]c2c(F)ccc(C)c12. The van der Waals surface area contributed by atoms with Crippen LogP contribution >= 0.6 is 0 Å². The molecule has 1 aromatic heterocycles. The molecule has 0 saturated heterocycles. The highest BCUT2D eigenvalue weighted by atomic mass is 19.1. The number of hydrogen-bond donors (Lipinski definition) is 4. The topological polar surface area (TPSA) is 117 Å². The number of primary amides is 1. The molecule has 7 nitrogen and oxygen atoms in total. The third-order valence-corrected chi connectivity index (χ3v) is 6.52. The Morgan fingerprint density at radius 3 is 2.57 bits per heavy atom. The second-order valence-corrected chi connectivity index (χ2v) is 9.26. The summed E-state index contributed by atoms with van der Waals surface area (Å²) in [6.07, 6.45) is 3.29. The lowest BCUT2D eigenvalue weighted by Crippen LogP contribution is -2.28. The zero-order chi connectivity index (χ0) is 27.1. The number of nitrogens with one attached hydrogen (secondary N) is 3. The molecule has 0 aliphatic carbocycles. The number of rotatable bonds is 12. The molecule has 3 rings (SSSR count). The molecule has 0 unspecified atom stereocenters. The van der Waals surface area contributed by atoms with Crippen LogP contribution in [0.2, 0.25) is 0 Å². The summed E-state index contributed by atoms with van der Waals surface area (Å²) in [5.41, 5.74) is 11.6. The number of aryl methyl sites for hydroxylation is 3. The quantitative estimate of drug-likeness (QED) is 0.220. The van der Waals surface area contributed by atoms with Gasteiger partial charge in [0.25, 0.3) is 5.91 Å². The molecule has 0 saturated carbocycles. The number of Topliss-reactive ketones (excluding diaryl/α,β-unsaturated/α-hetero) is 1. The molecule has 0 aliphatic heterocycles. The van der Waals surface area contributed by atoms with E-state index in [4.69, 9.17) is 5.73 Å². The maximum absolute atomic E-state index is 14.2. The Morgan fingerprint density at radius 2 is 1.86 bits per heavy atom. The van der Waals surface area contributed by atoms with Gasteiger partial charge in [-0.2, -0.15) is 0 Å². The largest absolute Gasteiger partial charge is 0.370 e. The number of carbonyl (C=O) groups excluding carboxylic acids is 3. The molecule has 0 radical (unpaired) electrons. The molecule has 3 aromatic rings. The summed E-state index contributed by atoms with van der Waals surface area (Å²) < 4.78 is 14.2. The summed E-state index contributed by atoms with van der Waals surface area (Å²) in [5, 5.41) is 6.81. The average molecular weight is 507 g/mol. The van der Waals surface area contributed by atoms with E-state index in [1.807, 2.05) is 32.9 Å². The van der Waals surface area contributed by atoms with Crippen molar-refractivity contribution in [3.8, 4) is 0 Å². The number of hydrogen-bond acceptors (Lipinski definition) is 4. The molecule has 2 aromatic carbocycles. The number of ketones is 1. The lowest BCUT2D eigenvalue weighted by molar-refractivity contribution is -0.118. The summed E-state index contributed by atoms with van der Waals surface area (Å²) in [7, 11) is 0. The number of amides is 2. The van der Waals surface area contributed by atoms with Crippen molar-refractivity contribution in [2.75, 3.05) is 19.6 Å². The standard InChI is InChI=1S/C29H35FN4O3/c1-5-20-15-22(29(37)33-13-11-26(31)36)8-7-21(20)14-18(3)25(35)16-32-12-10-23-19(4)34-28-24(30)9-6-17(2)27(23)28/h6-9,14-15,32,34H,5,10-13,16H2,1-4H3,(H2,31,36)(H,33,37). The predicted molar refractivity (Wildman–Crippen MR) is 145 cm³/mol. The number of H-pyrrole nitrogens is 1. The number of nitrogens with two attached hydrogens (primary N) is 1. The average Bonchev–Trinajstić information content (AvgIpc) is 3.20. The summed E-state index contributed by atoms with van der Waals surface area (Å²) >= 11 is 0. The highest BCUT2D eigenvalue weighted by Gasteiger charge is 2.14. The second-order valence-electron chi connectivity index (χ2n) is 9.26. The Bertz CT molecular complexity index is 1360.